The summed E-state index contributed by atoms with van der Waals surface area (Å²) in [5.74, 6) is -0.769. The summed E-state index contributed by atoms with van der Waals surface area (Å²) in [6.07, 6.45) is 2.89. The van der Waals surface area contributed by atoms with Crippen LogP contribution in [0, 0.1) is 11.7 Å². The highest BCUT2D eigenvalue weighted by atomic mass is 19.1. The summed E-state index contributed by atoms with van der Waals surface area (Å²) in [6, 6.07) is 5.30. The van der Waals surface area contributed by atoms with Gasteiger partial charge in [0.15, 0.2) is 0 Å². The van der Waals surface area contributed by atoms with Crippen LogP contribution >= 0.6 is 0 Å². The van der Waals surface area contributed by atoms with Crippen molar-refractivity contribution in [2.24, 2.45) is 5.92 Å². The van der Waals surface area contributed by atoms with E-state index < -0.39 is 12.0 Å². The lowest BCUT2D eigenvalue weighted by Gasteiger charge is -2.27. The standard InChI is InChI=1S/C15H18FNO3/c1-20-14(18)9-13(10-5-7-12(16)8-6-10)17-15(19)11-3-2-4-11/h5-8,11,13H,2-4,9H2,1H3,(H,17,19)/t13-/m1/s1. The Labute approximate surface area is 117 Å². The van der Waals surface area contributed by atoms with Gasteiger partial charge in [0.25, 0.3) is 0 Å². The number of rotatable bonds is 5. The Bertz CT molecular complexity index is 482. The highest BCUT2D eigenvalue weighted by Crippen LogP contribution is 2.28. The summed E-state index contributed by atoms with van der Waals surface area (Å²) in [6.45, 7) is 0. The maximum Gasteiger partial charge on any atom is 0.307 e. The molecule has 0 heterocycles. The fraction of sp³-hybridized carbons (Fsp3) is 0.467. The molecule has 1 saturated carbocycles. The number of carbonyl (C=O) groups excluding carboxylic acids is 2. The molecule has 20 heavy (non-hydrogen) atoms. The molecule has 1 amide bonds. The molecule has 1 aliphatic carbocycles. The van der Waals surface area contributed by atoms with Gasteiger partial charge in [0.1, 0.15) is 5.82 Å². The minimum atomic E-state index is -0.476. The minimum absolute atomic E-state index is 0.0376. The summed E-state index contributed by atoms with van der Waals surface area (Å²) in [5, 5.41) is 2.86. The van der Waals surface area contributed by atoms with E-state index in [9.17, 15) is 14.0 Å². The van der Waals surface area contributed by atoms with Gasteiger partial charge >= 0.3 is 5.97 Å². The summed E-state index contributed by atoms with van der Waals surface area (Å²) in [4.78, 5) is 23.5. The lowest BCUT2D eigenvalue weighted by atomic mass is 9.84. The Hall–Kier alpha value is -1.91. The van der Waals surface area contributed by atoms with Crippen LogP contribution in [0.4, 0.5) is 4.39 Å². The van der Waals surface area contributed by atoms with E-state index in [1.807, 2.05) is 0 Å². The van der Waals surface area contributed by atoms with Crippen LogP contribution in [-0.4, -0.2) is 19.0 Å². The van der Waals surface area contributed by atoms with Gasteiger partial charge in [-0.05, 0) is 30.5 Å². The Morgan fingerprint density at radius 3 is 2.50 bits per heavy atom. The topological polar surface area (TPSA) is 55.4 Å². The van der Waals surface area contributed by atoms with E-state index in [1.165, 1.54) is 19.2 Å². The van der Waals surface area contributed by atoms with Crippen molar-refractivity contribution >= 4 is 11.9 Å². The van der Waals surface area contributed by atoms with E-state index in [2.05, 4.69) is 10.1 Å². The van der Waals surface area contributed by atoms with E-state index in [0.29, 0.717) is 5.56 Å². The van der Waals surface area contributed by atoms with Gasteiger partial charge in [0.2, 0.25) is 5.91 Å². The molecule has 5 heteroatoms. The zero-order valence-electron chi connectivity index (χ0n) is 11.4. The van der Waals surface area contributed by atoms with Gasteiger partial charge in [-0.3, -0.25) is 9.59 Å². The van der Waals surface area contributed by atoms with Crippen molar-refractivity contribution in [2.45, 2.75) is 31.7 Å². The van der Waals surface area contributed by atoms with Gasteiger partial charge in [-0.1, -0.05) is 18.6 Å². The van der Waals surface area contributed by atoms with Crippen molar-refractivity contribution in [3.05, 3.63) is 35.6 Å². The first-order valence-electron chi connectivity index (χ1n) is 6.73. The van der Waals surface area contributed by atoms with Crippen molar-refractivity contribution in [2.75, 3.05) is 7.11 Å². The molecular formula is C15H18FNO3. The highest BCUT2D eigenvalue weighted by Gasteiger charge is 2.28. The number of ether oxygens (including phenoxy) is 1. The fourth-order valence-electron chi connectivity index (χ4n) is 2.16. The maximum atomic E-state index is 13.0. The average molecular weight is 279 g/mol. The average Bonchev–Trinajstić information content (AvgIpc) is 2.36. The monoisotopic (exact) mass is 279 g/mol. The quantitative estimate of drug-likeness (QED) is 0.842. The molecule has 0 saturated heterocycles. The predicted octanol–water partition coefficient (Wildman–Crippen LogP) is 2.35. The molecule has 108 valence electrons. The number of nitrogens with one attached hydrogen (secondary N) is 1. The SMILES string of the molecule is COC(=O)C[C@@H](NC(=O)C1CCC1)c1ccc(F)cc1. The van der Waals surface area contributed by atoms with Gasteiger partial charge in [-0.2, -0.15) is 0 Å². The first-order valence-corrected chi connectivity index (χ1v) is 6.73. The Kier molecular flexibility index (Phi) is 4.71. The van der Waals surface area contributed by atoms with Crippen LogP contribution in [0.15, 0.2) is 24.3 Å². The number of halogens is 1. The minimum Gasteiger partial charge on any atom is -0.469 e. The van der Waals surface area contributed by atoms with E-state index in [4.69, 9.17) is 0 Å². The molecule has 4 nitrogen and oxygen atoms in total. The zero-order chi connectivity index (χ0) is 14.5. The van der Waals surface area contributed by atoms with Crippen LogP contribution in [0.2, 0.25) is 0 Å². The van der Waals surface area contributed by atoms with Gasteiger partial charge < -0.3 is 10.1 Å². The van der Waals surface area contributed by atoms with Crippen LogP contribution in [0.3, 0.4) is 0 Å². The number of hydrogen-bond donors (Lipinski definition) is 1. The Morgan fingerprint density at radius 1 is 1.35 bits per heavy atom. The highest BCUT2D eigenvalue weighted by molar-refractivity contribution is 5.80. The number of amides is 1. The third-order valence-electron chi connectivity index (χ3n) is 3.66. The van der Waals surface area contributed by atoms with Gasteiger partial charge in [-0.15, -0.1) is 0 Å². The molecule has 1 atom stereocenters. The zero-order valence-corrected chi connectivity index (χ0v) is 11.4. The molecule has 0 spiro atoms. The van der Waals surface area contributed by atoms with Gasteiger partial charge in [-0.25, -0.2) is 4.39 Å². The van der Waals surface area contributed by atoms with E-state index >= 15 is 0 Å². The number of esters is 1. The fourth-order valence-corrected chi connectivity index (χ4v) is 2.16. The first kappa shape index (κ1) is 14.5. The maximum absolute atomic E-state index is 13.0. The largest absolute Gasteiger partial charge is 0.469 e. The molecule has 1 fully saturated rings. The van der Waals surface area contributed by atoms with E-state index in [-0.39, 0.29) is 24.1 Å². The Morgan fingerprint density at radius 2 is 2.00 bits per heavy atom. The number of carbonyl (C=O) groups is 2. The summed E-state index contributed by atoms with van der Waals surface area (Å²) in [7, 11) is 1.30. The molecule has 1 aromatic rings. The normalized spacial score (nSPS) is 16.1. The summed E-state index contributed by atoms with van der Waals surface area (Å²) >= 11 is 0. The van der Waals surface area contributed by atoms with Crippen molar-refractivity contribution in [3.63, 3.8) is 0 Å². The Balaban J connectivity index is 2.08. The smallest absolute Gasteiger partial charge is 0.307 e. The van der Waals surface area contributed by atoms with E-state index in [1.54, 1.807) is 12.1 Å². The van der Waals surface area contributed by atoms with Crippen LogP contribution in [0.1, 0.15) is 37.3 Å². The molecule has 1 aliphatic rings. The predicted molar refractivity (Wildman–Crippen MR) is 71.3 cm³/mol. The van der Waals surface area contributed by atoms with Crippen molar-refractivity contribution in [1.82, 2.24) is 5.32 Å². The molecule has 0 aliphatic heterocycles. The van der Waals surface area contributed by atoms with Crippen LogP contribution < -0.4 is 5.32 Å². The second-order valence-corrected chi connectivity index (χ2v) is 5.02. The molecule has 0 aromatic heterocycles. The van der Waals surface area contributed by atoms with Gasteiger partial charge in [0.05, 0.1) is 19.6 Å². The van der Waals surface area contributed by atoms with Crippen molar-refractivity contribution < 1.29 is 18.7 Å². The number of hydrogen-bond acceptors (Lipinski definition) is 3. The number of methoxy groups -OCH3 is 1. The van der Waals surface area contributed by atoms with Crippen molar-refractivity contribution in [1.29, 1.82) is 0 Å². The number of benzene rings is 1. The van der Waals surface area contributed by atoms with Gasteiger partial charge in [0, 0.05) is 5.92 Å². The molecule has 2 rings (SSSR count). The molecule has 1 N–H and O–H groups in total. The first-order chi connectivity index (χ1) is 9.60. The second-order valence-electron chi connectivity index (χ2n) is 5.02. The molecule has 0 bridgehead atoms. The molecule has 0 radical (unpaired) electrons. The molecular weight excluding hydrogens is 261 g/mol. The lowest BCUT2D eigenvalue weighted by Crippen LogP contribution is -2.37. The summed E-state index contributed by atoms with van der Waals surface area (Å²) < 4.78 is 17.6. The third-order valence-corrected chi connectivity index (χ3v) is 3.66. The van der Waals surface area contributed by atoms with E-state index in [0.717, 1.165) is 19.3 Å². The van der Waals surface area contributed by atoms with Crippen molar-refractivity contribution in [3.8, 4) is 0 Å². The van der Waals surface area contributed by atoms with Crippen LogP contribution in [0.25, 0.3) is 0 Å². The molecule has 1 aromatic carbocycles. The third kappa shape index (κ3) is 3.56. The lowest BCUT2D eigenvalue weighted by molar-refractivity contribution is -0.141. The second kappa shape index (κ2) is 6.50. The molecule has 0 unspecified atom stereocenters. The summed E-state index contributed by atoms with van der Waals surface area (Å²) in [5.41, 5.74) is 0.699. The van der Waals surface area contributed by atoms with Crippen LogP contribution in [0.5, 0.6) is 0 Å². The van der Waals surface area contributed by atoms with Crippen LogP contribution in [-0.2, 0) is 14.3 Å².